The molecule has 2 heterocycles. The SMILES string of the molecule is CNc1nc(Cc2cccnc2)nc(C(C)(C)C)c1Br. The molecule has 0 aliphatic rings. The first kappa shape index (κ1) is 14.9. The van der Waals surface area contributed by atoms with E-state index < -0.39 is 0 Å². The minimum absolute atomic E-state index is 0.0446. The van der Waals surface area contributed by atoms with Crippen LogP contribution < -0.4 is 5.32 Å². The second kappa shape index (κ2) is 5.87. The van der Waals surface area contributed by atoms with Crippen molar-refractivity contribution >= 4 is 21.7 Å². The lowest BCUT2D eigenvalue weighted by molar-refractivity contribution is 0.559. The molecule has 0 aromatic carbocycles. The van der Waals surface area contributed by atoms with Crippen molar-refractivity contribution in [1.29, 1.82) is 0 Å². The summed E-state index contributed by atoms with van der Waals surface area (Å²) in [5.41, 5.74) is 2.07. The third-order valence-electron chi connectivity index (χ3n) is 2.93. The molecular weight excluding hydrogens is 316 g/mol. The Morgan fingerprint density at radius 3 is 2.55 bits per heavy atom. The van der Waals surface area contributed by atoms with Gasteiger partial charge < -0.3 is 5.32 Å². The predicted molar refractivity (Wildman–Crippen MR) is 85.0 cm³/mol. The zero-order valence-electron chi connectivity index (χ0n) is 12.2. The van der Waals surface area contributed by atoms with Gasteiger partial charge in [-0.3, -0.25) is 4.98 Å². The van der Waals surface area contributed by atoms with Crippen LogP contribution in [0, 0.1) is 0 Å². The van der Waals surface area contributed by atoms with Crippen molar-refractivity contribution in [3.63, 3.8) is 0 Å². The molecule has 20 heavy (non-hydrogen) atoms. The summed E-state index contributed by atoms with van der Waals surface area (Å²) < 4.78 is 0.933. The van der Waals surface area contributed by atoms with Gasteiger partial charge in [0.1, 0.15) is 11.6 Å². The van der Waals surface area contributed by atoms with Crippen LogP contribution in [0.1, 0.15) is 37.9 Å². The summed E-state index contributed by atoms with van der Waals surface area (Å²) in [7, 11) is 1.87. The van der Waals surface area contributed by atoms with Crippen LogP contribution in [0.5, 0.6) is 0 Å². The van der Waals surface area contributed by atoms with Crippen molar-refractivity contribution in [1.82, 2.24) is 15.0 Å². The van der Waals surface area contributed by atoms with Crippen molar-refractivity contribution in [2.24, 2.45) is 0 Å². The maximum absolute atomic E-state index is 4.72. The highest BCUT2D eigenvalue weighted by molar-refractivity contribution is 9.10. The van der Waals surface area contributed by atoms with E-state index in [1.54, 1.807) is 6.20 Å². The Morgan fingerprint density at radius 1 is 1.25 bits per heavy atom. The molecule has 2 rings (SSSR count). The minimum Gasteiger partial charge on any atom is -0.372 e. The smallest absolute Gasteiger partial charge is 0.144 e. The van der Waals surface area contributed by atoms with Gasteiger partial charge in [0.05, 0.1) is 10.2 Å². The number of nitrogens with one attached hydrogen (secondary N) is 1. The van der Waals surface area contributed by atoms with Gasteiger partial charge in [-0.1, -0.05) is 26.8 Å². The number of nitrogens with zero attached hydrogens (tertiary/aromatic N) is 3. The molecule has 0 atom stereocenters. The molecule has 0 aliphatic carbocycles. The van der Waals surface area contributed by atoms with Crippen LogP contribution >= 0.6 is 15.9 Å². The number of aromatic nitrogens is 3. The average Bonchev–Trinajstić information content (AvgIpc) is 2.40. The second-order valence-corrected chi connectivity index (χ2v) is 6.48. The monoisotopic (exact) mass is 334 g/mol. The van der Waals surface area contributed by atoms with E-state index in [-0.39, 0.29) is 5.41 Å². The quantitative estimate of drug-likeness (QED) is 0.932. The maximum Gasteiger partial charge on any atom is 0.144 e. The van der Waals surface area contributed by atoms with Crippen molar-refractivity contribution in [3.8, 4) is 0 Å². The molecule has 4 nitrogen and oxygen atoms in total. The summed E-state index contributed by atoms with van der Waals surface area (Å²) in [6.45, 7) is 6.44. The van der Waals surface area contributed by atoms with Gasteiger partial charge in [-0.25, -0.2) is 9.97 Å². The summed E-state index contributed by atoms with van der Waals surface area (Å²) in [5, 5.41) is 3.12. The van der Waals surface area contributed by atoms with Crippen molar-refractivity contribution < 1.29 is 0 Å². The number of hydrogen-bond acceptors (Lipinski definition) is 4. The first-order valence-corrected chi connectivity index (χ1v) is 7.34. The number of rotatable bonds is 3. The van der Waals surface area contributed by atoms with E-state index in [4.69, 9.17) is 4.98 Å². The molecule has 2 aromatic heterocycles. The van der Waals surface area contributed by atoms with Crippen molar-refractivity contribution in [2.45, 2.75) is 32.6 Å². The molecule has 0 spiro atoms. The van der Waals surface area contributed by atoms with E-state index in [0.29, 0.717) is 6.42 Å². The summed E-state index contributed by atoms with van der Waals surface area (Å²) in [5.74, 6) is 1.62. The molecule has 2 aromatic rings. The van der Waals surface area contributed by atoms with Gasteiger partial charge >= 0.3 is 0 Å². The maximum atomic E-state index is 4.72. The third kappa shape index (κ3) is 3.33. The van der Waals surface area contributed by atoms with Gasteiger partial charge in [0.2, 0.25) is 0 Å². The highest BCUT2D eigenvalue weighted by atomic mass is 79.9. The van der Waals surface area contributed by atoms with Gasteiger partial charge in [0.25, 0.3) is 0 Å². The lowest BCUT2D eigenvalue weighted by Crippen LogP contribution is -2.18. The van der Waals surface area contributed by atoms with Gasteiger partial charge in [0.15, 0.2) is 0 Å². The summed E-state index contributed by atoms with van der Waals surface area (Å²) in [6, 6.07) is 3.96. The second-order valence-electron chi connectivity index (χ2n) is 5.69. The van der Waals surface area contributed by atoms with Gasteiger partial charge in [-0.15, -0.1) is 0 Å². The fourth-order valence-corrected chi connectivity index (χ4v) is 2.89. The van der Waals surface area contributed by atoms with E-state index >= 15 is 0 Å². The van der Waals surface area contributed by atoms with Crippen LogP contribution in [-0.4, -0.2) is 22.0 Å². The van der Waals surface area contributed by atoms with Crippen LogP contribution in [0.4, 0.5) is 5.82 Å². The molecule has 0 saturated heterocycles. The average molecular weight is 335 g/mol. The largest absolute Gasteiger partial charge is 0.372 e. The zero-order chi connectivity index (χ0) is 14.8. The lowest BCUT2D eigenvalue weighted by atomic mass is 9.91. The number of halogens is 1. The number of pyridine rings is 1. The van der Waals surface area contributed by atoms with Crippen LogP contribution in [-0.2, 0) is 11.8 Å². The van der Waals surface area contributed by atoms with E-state index in [9.17, 15) is 0 Å². The molecule has 1 N–H and O–H groups in total. The molecule has 0 fully saturated rings. The van der Waals surface area contributed by atoms with Gasteiger partial charge in [-0.2, -0.15) is 0 Å². The molecule has 0 amide bonds. The summed E-state index contributed by atoms with van der Waals surface area (Å²) in [4.78, 5) is 13.4. The normalized spacial score (nSPS) is 11.4. The molecule has 0 aliphatic heterocycles. The van der Waals surface area contributed by atoms with Gasteiger partial charge in [0, 0.05) is 31.3 Å². The minimum atomic E-state index is -0.0446. The molecule has 106 valence electrons. The van der Waals surface area contributed by atoms with Gasteiger partial charge in [-0.05, 0) is 27.6 Å². The van der Waals surface area contributed by atoms with E-state index in [1.165, 1.54) is 0 Å². The highest BCUT2D eigenvalue weighted by Crippen LogP contribution is 2.32. The van der Waals surface area contributed by atoms with Crippen molar-refractivity contribution in [2.75, 3.05) is 12.4 Å². The summed E-state index contributed by atoms with van der Waals surface area (Å²) in [6.07, 6.45) is 4.30. The van der Waals surface area contributed by atoms with Crippen LogP contribution in [0.25, 0.3) is 0 Å². The standard InChI is InChI=1S/C15H19BrN4/c1-15(2,3)13-12(16)14(17-4)20-11(19-13)8-10-6-5-7-18-9-10/h5-7,9H,8H2,1-4H3,(H,17,19,20). The first-order valence-electron chi connectivity index (χ1n) is 6.55. The Bertz CT molecular complexity index is 591. The lowest BCUT2D eigenvalue weighted by Gasteiger charge is -2.21. The fourth-order valence-electron chi connectivity index (χ4n) is 1.92. The van der Waals surface area contributed by atoms with E-state index in [1.807, 2.05) is 25.4 Å². The molecule has 0 saturated carbocycles. The highest BCUT2D eigenvalue weighted by Gasteiger charge is 2.22. The van der Waals surface area contributed by atoms with Crippen molar-refractivity contribution in [3.05, 3.63) is 46.1 Å². The number of anilines is 1. The molecule has 0 bridgehead atoms. The molecular formula is C15H19BrN4. The summed E-state index contributed by atoms with van der Waals surface area (Å²) >= 11 is 3.60. The fraction of sp³-hybridized carbons (Fsp3) is 0.400. The first-order chi connectivity index (χ1) is 9.41. The Labute approximate surface area is 128 Å². The topological polar surface area (TPSA) is 50.7 Å². The van der Waals surface area contributed by atoms with Crippen LogP contribution in [0.2, 0.25) is 0 Å². The Hall–Kier alpha value is -1.49. The predicted octanol–water partition coefficient (Wildman–Crippen LogP) is 3.56. The Morgan fingerprint density at radius 2 is 2.00 bits per heavy atom. The molecule has 0 radical (unpaired) electrons. The molecule has 5 heteroatoms. The van der Waals surface area contributed by atoms with E-state index in [2.05, 4.69) is 52.0 Å². The third-order valence-corrected chi connectivity index (χ3v) is 3.68. The van der Waals surface area contributed by atoms with Crippen LogP contribution in [0.3, 0.4) is 0 Å². The van der Waals surface area contributed by atoms with Crippen LogP contribution in [0.15, 0.2) is 29.0 Å². The number of hydrogen-bond donors (Lipinski definition) is 1. The zero-order valence-corrected chi connectivity index (χ0v) is 13.8. The Balaban J connectivity index is 2.44. The Kier molecular flexibility index (Phi) is 4.38. The van der Waals surface area contributed by atoms with E-state index in [0.717, 1.165) is 27.4 Å². The molecule has 0 unspecified atom stereocenters.